The fourth-order valence-corrected chi connectivity index (χ4v) is 0. The Kier molecular flexibility index (Phi) is 87.1. The molecule has 0 aliphatic carbocycles. The van der Waals surface area contributed by atoms with E-state index >= 15 is 0 Å². The smallest absolute Gasteiger partial charge is 0.349 e. The van der Waals surface area contributed by atoms with Crippen molar-refractivity contribution in [1.29, 1.82) is 0 Å². The molecule has 0 aliphatic rings. The summed E-state index contributed by atoms with van der Waals surface area (Å²) in [5.74, 6) is 0. The van der Waals surface area contributed by atoms with E-state index in [9.17, 15) is 0 Å². The van der Waals surface area contributed by atoms with Crippen LogP contribution in [0.4, 0.5) is 0 Å². The molecule has 0 amide bonds. The quantitative estimate of drug-likeness (QED) is 0.234. The molecule has 0 heterocycles. The molecule has 0 atom stereocenters. The Balaban J connectivity index is -0.0000000325. The van der Waals surface area contributed by atoms with Crippen molar-refractivity contribution < 1.29 is 51.4 Å². The fraction of sp³-hybridized carbons (Fsp3) is 0.714. The second-order valence-electron chi connectivity index (χ2n) is 1.42. The van der Waals surface area contributed by atoms with Gasteiger partial charge in [0, 0.05) is 6.67 Å². The molecule has 0 fully saturated rings. The van der Waals surface area contributed by atoms with Crippen molar-refractivity contribution >= 4 is 0 Å². The predicted octanol–water partition coefficient (Wildman–Crippen LogP) is -2.86. The molecular weight excluding hydrogens is 165 g/mol. The van der Waals surface area contributed by atoms with E-state index in [1.54, 1.807) is 0 Å². The molecule has 0 rings (SSSR count). The summed E-state index contributed by atoms with van der Waals surface area (Å²) in [6, 6.07) is 0. The third-order valence-corrected chi connectivity index (χ3v) is 0.250. The van der Waals surface area contributed by atoms with Gasteiger partial charge in [0.15, 0.2) is 0 Å². The first-order valence-corrected chi connectivity index (χ1v) is 3.32. The summed E-state index contributed by atoms with van der Waals surface area (Å²) in [6.45, 7) is 8.56. The molecule has 0 aromatic rings. The molecule has 11 heavy (non-hydrogen) atoms. The van der Waals surface area contributed by atoms with E-state index in [0.717, 1.165) is 6.54 Å². The molecule has 0 bridgehead atoms. The summed E-state index contributed by atoms with van der Waals surface area (Å²) in [7, 11) is 1.87. The first kappa shape index (κ1) is 22.9. The van der Waals surface area contributed by atoms with Crippen LogP contribution in [0.1, 0.15) is 13.8 Å². The molecule has 0 unspecified atom stereocenters. The molecule has 0 radical (unpaired) electrons. The number of nitrogens with one attached hydrogen (secondary N) is 1. The van der Waals surface area contributed by atoms with Gasteiger partial charge in [0.2, 0.25) is 0 Å². The van der Waals surface area contributed by atoms with Gasteiger partial charge in [0.1, 0.15) is 0 Å². The van der Waals surface area contributed by atoms with Crippen molar-refractivity contribution in [3.8, 4) is 0 Å². The van der Waals surface area contributed by atoms with Crippen LogP contribution in [0.15, 0.2) is 0 Å². The Morgan fingerprint density at radius 2 is 1.45 bits per heavy atom. The Bertz CT molecular complexity index is 25.6. The van der Waals surface area contributed by atoms with Gasteiger partial charge < -0.3 is 30.1 Å². The number of hydrogen-bond donors (Lipinski definition) is 3. The van der Waals surface area contributed by atoms with Gasteiger partial charge in [-0.1, -0.05) is 0 Å². The first-order valence-electron chi connectivity index (χ1n) is 3.32. The Morgan fingerprint density at radius 1 is 1.36 bits per heavy atom. The van der Waals surface area contributed by atoms with E-state index in [1.807, 2.05) is 27.3 Å². The van der Waals surface area contributed by atoms with Gasteiger partial charge in [0.05, 0.1) is 0 Å². The van der Waals surface area contributed by atoms with E-state index in [4.69, 9.17) is 0 Å². The van der Waals surface area contributed by atoms with Crippen LogP contribution in [0, 0.1) is 13.3 Å². The van der Waals surface area contributed by atoms with Crippen LogP contribution >= 0.6 is 0 Å². The zero-order valence-corrected chi connectivity index (χ0v) is 11.5. The molecule has 0 saturated carbocycles. The monoisotopic (exact) mass is 186 g/mol. The van der Waals surface area contributed by atoms with Crippen LogP contribution in [0.3, 0.4) is 0 Å². The van der Waals surface area contributed by atoms with Crippen LogP contribution in [-0.2, 0) is 0 Å². The maximum absolute atomic E-state index is 4.62. The van der Waals surface area contributed by atoms with Crippen molar-refractivity contribution in [1.82, 2.24) is 5.32 Å². The van der Waals surface area contributed by atoms with Crippen molar-refractivity contribution in [3.63, 3.8) is 0 Å². The van der Waals surface area contributed by atoms with Gasteiger partial charge >= 0.3 is 51.4 Å². The summed E-state index contributed by atoms with van der Waals surface area (Å²) < 4.78 is 0. The van der Waals surface area contributed by atoms with Crippen LogP contribution < -0.4 is 68.2 Å². The topological polar surface area (TPSA) is 64.1 Å². The summed E-state index contributed by atoms with van der Waals surface area (Å²) in [4.78, 5) is 0. The largest absolute Gasteiger partial charge is 1.00 e. The van der Waals surface area contributed by atoms with Crippen molar-refractivity contribution in [2.75, 3.05) is 20.3 Å². The van der Waals surface area contributed by atoms with Gasteiger partial charge in [-0.2, -0.15) is 13.8 Å². The summed E-state index contributed by atoms with van der Waals surface area (Å²) >= 11 is 0. The standard InChI is InChI=1S/C3H8N.C3H7.CH6N2.K/c1-3-4-2;1-3-2;2-1-3;/h4H,1,3H2,2H3;3H,1-2H3;1-3H2;/q2*-1;;+1. The summed E-state index contributed by atoms with van der Waals surface area (Å²) in [6.07, 6.45) is 2.00. The predicted molar refractivity (Wildman–Crippen MR) is 48.2 cm³/mol. The minimum absolute atomic E-state index is 0. The molecule has 0 aromatic carbocycles. The SMILES string of the molecule is C[CH-]C.NCN.[CH2-]CNC.[K+]. The normalized spacial score (nSPS) is 6.00. The second-order valence-corrected chi connectivity index (χ2v) is 1.42. The molecule has 4 heteroatoms. The molecule has 3 nitrogen and oxygen atoms in total. The zero-order chi connectivity index (χ0) is 8.83. The van der Waals surface area contributed by atoms with E-state index in [-0.39, 0.29) is 58.1 Å². The molecule has 5 N–H and O–H groups in total. The van der Waals surface area contributed by atoms with Crippen LogP contribution in [0.2, 0.25) is 0 Å². The van der Waals surface area contributed by atoms with Crippen LogP contribution in [0.25, 0.3) is 0 Å². The third-order valence-electron chi connectivity index (χ3n) is 0.250. The number of hydrogen-bond acceptors (Lipinski definition) is 3. The summed E-state index contributed by atoms with van der Waals surface area (Å²) in [5.41, 5.74) is 9.25. The Labute approximate surface area is 114 Å². The molecule has 0 aromatic heterocycles. The first-order chi connectivity index (χ1) is 4.74. The maximum Gasteiger partial charge on any atom is 1.00 e. The average Bonchev–Trinajstić information content (AvgIpc) is 1.91. The van der Waals surface area contributed by atoms with E-state index in [1.165, 1.54) is 0 Å². The van der Waals surface area contributed by atoms with Gasteiger partial charge in [-0.05, 0) is 7.05 Å². The molecule has 66 valence electrons. The van der Waals surface area contributed by atoms with Gasteiger partial charge in [-0.15, -0.1) is 6.54 Å². The Morgan fingerprint density at radius 3 is 1.45 bits per heavy atom. The van der Waals surface area contributed by atoms with Crippen molar-refractivity contribution in [3.05, 3.63) is 13.3 Å². The number of rotatable bonds is 1. The van der Waals surface area contributed by atoms with E-state index < -0.39 is 0 Å². The minimum atomic E-state index is 0. The summed E-state index contributed by atoms with van der Waals surface area (Å²) in [5, 5.41) is 2.82. The van der Waals surface area contributed by atoms with Crippen LogP contribution in [0.5, 0.6) is 0 Å². The average molecular weight is 186 g/mol. The molecule has 0 spiro atoms. The van der Waals surface area contributed by atoms with Gasteiger partial charge in [0.25, 0.3) is 0 Å². The molecule has 0 saturated heterocycles. The third kappa shape index (κ3) is 165. The molecular formula is C7H21KN3-. The second kappa shape index (κ2) is 41.9. The van der Waals surface area contributed by atoms with Crippen LogP contribution in [-0.4, -0.2) is 20.3 Å². The van der Waals surface area contributed by atoms with Crippen molar-refractivity contribution in [2.24, 2.45) is 11.5 Å². The number of nitrogens with two attached hydrogens (primary N) is 2. The minimum Gasteiger partial charge on any atom is -0.349 e. The van der Waals surface area contributed by atoms with E-state index in [0.29, 0.717) is 0 Å². The zero-order valence-electron chi connectivity index (χ0n) is 8.35. The Hall–Kier alpha value is 1.52. The van der Waals surface area contributed by atoms with Gasteiger partial charge in [-0.3, -0.25) is 0 Å². The molecule has 0 aliphatic heterocycles. The van der Waals surface area contributed by atoms with E-state index in [2.05, 4.69) is 23.7 Å². The maximum atomic E-state index is 4.62. The fourth-order valence-electron chi connectivity index (χ4n) is 0. The van der Waals surface area contributed by atoms with Crippen molar-refractivity contribution in [2.45, 2.75) is 13.8 Å². The van der Waals surface area contributed by atoms with Gasteiger partial charge in [-0.25, -0.2) is 0 Å².